The summed E-state index contributed by atoms with van der Waals surface area (Å²) in [6, 6.07) is 10.1. The Morgan fingerprint density at radius 2 is 1.93 bits per heavy atom. The molecule has 2 amide bonds. The first-order valence-corrected chi connectivity index (χ1v) is 8.46. The molecule has 0 fully saturated rings. The first kappa shape index (κ1) is 18.6. The van der Waals surface area contributed by atoms with Gasteiger partial charge in [0.25, 0.3) is 5.91 Å². The standard InChI is InChI=1S/C20H22N2O5/c1-20(2)11-27-17-9-12(5-8-15(17)22-19(20)24)21-18(23)14-7-6-13(25-3)10-16(14)26-4/h5-10H,11H2,1-4H3,(H,21,23)(H,22,24). The van der Waals surface area contributed by atoms with Crippen molar-refractivity contribution in [2.24, 2.45) is 5.41 Å². The van der Waals surface area contributed by atoms with Crippen molar-refractivity contribution in [1.82, 2.24) is 0 Å². The Morgan fingerprint density at radius 1 is 1.15 bits per heavy atom. The van der Waals surface area contributed by atoms with E-state index in [1.54, 1.807) is 43.5 Å². The fourth-order valence-electron chi connectivity index (χ4n) is 2.62. The summed E-state index contributed by atoms with van der Waals surface area (Å²) in [5.74, 6) is 1.08. The molecule has 0 saturated carbocycles. The number of methoxy groups -OCH3 is 2. The molecule has 1 aliphatic heterocycles. The molecule has 3 rings (SSSR count). The molecule has 2 N–H and O–H groups in total. The van der Waals surface area contributed by atoms with Crippen molar-refractivity contribution in [3.63, 3.8) is 0 Å². The van der Waals surface area contributed by atoms with E-state index in [1.807, 2.05) is 13.8 Å². The molecule has 0 aromatic heterocycles. The van der Waals surface area contributed by atoms with Gasteiger partial charge in [-0.15, -0.1) is 0 Å². The molecule has 0 atom stereocenters. The first-order valence-electron chi connectivity index (χ1n) is 8.46. The van der Waals surface area contributed by atoms with Gasteiger partial charge in [0, 0.05) is 17.8 Å². The number of ether oxygens (including phenoxy) is 3. The van der Waals surface area contributed by atoms with Crippen LogP contribution in [-0.4, -0.2) is 32.6 Å². The van der Waals surface area contributed by atoms with Crippen LogP contribution in [0.25, 0.3) is 0 Å². The summed E-state index contributed by atoms with van der Waals surface area (Å²) in [5, 5.41) is 5.67. The van der Waals surface area contributed by atoms with E-state index in [-0.39, 0.29) is 18.4 Å². The lowest BCUT2D eigenvalue weighted by atomic mass is 9.94. The highest BCUT2D eigenvalue weighted by atomic mass is 16.5. The Kier molecular flexibility index (Phi) is 4.94. The van der Waals surface area contributed by atoms with Crippen LogP contribution in [0, 0.1) is 5.41 Å². The number of carbonyl (C=O) groups excluding carboxylic acids is 2. The molecule has 1 aliphatic rings. The Hall–Kier alpha value is -3.22. The average molecular weight is 370 g/mol. The topological polar surface area (TPSA) is 85.9 Å². The van der Waals surface area contributed by atoms with Gasteiger partial charge in [0.2, 0.25) is 5.91 Å². The monoisotopic (exact) mass is 370 g/mol. The Balaban J connectivity index is 1.82. The summed E-state index contributed by atoms with van der Waals surface area (Å²) < 4.78 is 16.2. The molecule has 2 aromatic carbocycles. The number of benzene rings is 2. The molecule has 0 saturated heterocycles. The van der Waals surface area contributed by atoms with Crippen LogP contribution in [0.4, 0.5) is 11.4 Å². The second-order valence-electron chi connectivity index (χ2n) is 6.86. The lowest BCUT2D eigenvalue weighted by Gasteiger charge is -2.18. The van der Waals surface area contributed by atoms with Gasteiger partial charge in [-0.3, -0.25) is 9.59 Å². The average Bonchev–Trinajstić information content (AvgIpc) is 2.77. The van der Waals surface area contributed by atoms with Gasteiger partial charge in [0.15, 0.2) is 0 Å². The fraction of sp³-hybridized carbons (Fsp3) is 0.300. The lowest BCUT2D eigenvalue weighted by Crippen LogP contribution is -2.33. The number of carbonyl (C=O) groups is 2. The molecule has 7 nitrogen and oxygen atoms in total. The zero-order valence-corrected chi connectivity index (χ0v) is 15.7. The van der Waals surface area contributed by atoms with Crippen LogP contribution in [0.1, 0.15) is 24.2 Å². The van der Waals surface area contributed by atoms with E-state index in [2.05, 4.69) is 10.6 Å². The Morgan fingerprint density at radius 3 is 2.63 bits per heavy atom. The number of fused-ring (bicyclic) bond motifs is 1. The van der Waals surface area contributed by atoms with Gasteiger partial charge < -0.3 is 24.8 Å². The molecular weight excluding hydrogens is 348 g/mol. The van der Waals surface area contributed by atoms with Crippen molar-refractivity contribution in [1.29, 1.82) is 0 Å². The van der Waals surface area contributed by atoms with Crippen molar-refractivity contribution in [2.45, 2.75) is 13.8 Å². The third-order valence-corrected chi connectivity index (χ3v) is 4.34. The van der Waals surface area contributed by atoms with E-state index in [1.165, 1.54) is 7.11 Å². The maximum Gasteiger partial charge on any atom is 0.259 e. The molecule has 0 spiro atoms. The molecule has 1 heterocycles. The molecular formula is C20H22N2O5. The quantitative estimate of drug-likeness (QED) is 0.862. The zero-order valence-electron chi connectivity index (χ0n) is 15.7. The third kappa shape index (κ3) is 3.81. The highest BCUT2D eigenvalue weighted by Crippen LogP contribution is 2.34. The number of amides is 2. The van der Waals surface area contributed by atoms with Crippen LogP contribution in [-0.2, 0) is 4.79 Å². The van der Waals surface area contributed by atoms with E-state index in [0.29, 0.717) is 34.2 Å². The Labute approximate surface area is 157 Å². The second kappa shape index (κ2) is 7.19. The molecule has 142 valence electrons. The van der Waals surface area contributed by atoms with E-state index >= 15 is 0 Å². The highest BCUT2D eigenvalue weighted by Gasteiger charge is 2.32. The van der Waals surface area contributed by atoms with Crippen molar-refractivity contribution < 1.29 is 23.8 Å². The van der Waals surface area contributed by atoms with E-state index in [4.69, 9.17) is 14.2 Å². The van der Waals surface area contributed by atoms with Gasteiger partial charge in [-0.05, 0) is 38.1 Å². The van der Waals surface area contributed by atoms with Crippen molar-refractivity contribution in [3.05, 3.63) is 42.0 Å². The highest BCUT2D eigenvalue weighted by molar-refractivity contribution is 6.06. The van der Waals surface area contributed by atoms with Gasteiger partial charge in [0.05, 0.1) is 30.9 Å². The molecule has 2 aromatic rings. The summed E-state index contributed by atoms with van der Waals surface area (Å²) in [4.78, 5) is 24.8. The van der Waals surface area contributed by atoms with Crippen LogP contribution in [0.3, 0.4) is 0 Å². The second-order valence-corrected chi connectivity index (χ2v) is 6.86. The number of hydrogen-bond donors (Lipinski definition) is 2. The largest absolute Gasteiger partial charge is 0.497 e. The molecule has 27 heavy (non-hydrogen) atoms. The molecule has 0 aliphatic carbocycles. The Bertz CT molecular complexity index is 892. The summed E-state index contributed by atoms with van der Waals surface area (Å²) in [5.41, 5.74) is 0.860. The summed E-state index contributed by atoms with van der Waals surface area (Å²) >= 11 is 0. The van der Waals surface area contributed by atoms with Crippen LogP contribution >= 0.6 is 0 Å². The van der Waals surface area contributed by atoms with Crippen LogP contribution in [0.5, 0.6) is 17.2 Å². The normalized spacial score (nSPS) is 14.9. The SMILES string of the molecule is COc1ccc(C(=O)Nc2ccc3c(c2)OCC(C)(C)C(=O)N3)c(OC)c1. The molecule has 7 heteroatoms. The minimum Gasteiger partial charge on any atom is -0.497 e. The van der Waals surface area contributed by atoms with E-state index < -0.39 is 5.41 Å². The molecule has 0 bridgehead atoms. The van der Waals surface area contributed by atoms with Gasteiger partial charge in [-0.1, -0.05) is 0 Å². The van der Waals surface area contributed by atoms with Gasteiger partial charge in [0.1, 0.15) is 23.9 Å². The lowest BCUT2D eigenvalue weighted by molar-refractivity contribution is -0.124. The predicted molar refractivity (Wildman–Crippen MR) is 102 cm³/mol. The van der Waals surface area contributed by atoms with Gasteiger partial charge in [-0.2, -0.15) is 0 Å². The number of hydrogen-bond acceptors (Lipinski definition) is 5. The van der Waals surface area contributed by atoms with Crippen LogP contribution in [0.15, 0.2) is 36.4 Å². The number of nitrogens with one attached hydrogen (secondary N) is 2. The van der Waals surface area contributed by atoms with Crippen molar-refractivity contribution in [3.8, 4) is 17.2 Å². The summed E-state index contributed by atoms with van der Waals surface area (Å²) in [6.07, 6.45) is 0. The van der Waals surface area contributed by atoms with E-state index in [9.17, 15) is 9.59 Å². The van der Waals surface area contributed by atoms with Crippen molar-refractivity contribution >= 4 is 23.2 Å². The predicted octanol–water partition coefficient (Wildman–Crippen LogP) is 3.31. The van der Waals surface area contributed by atoms with Gasteiger partial charge >= 0.3 is 0 Å². The smallest absolute Gasteiger partial charge is 0.259 e. The van der Waals surface area contributed by atoms with E-state index in [0.717, 1.165) is 0 Å². The molecule has 0 unspecified atom stereocenters. The fourth-order valence-corrected chi connectivity index (χ4v) is 2.62. The summed E-state index contributed by atoms with van der Waals surface area (Å²) in [7, 11) is 3.04. The summed E-state index contributed by atoms with van der Waals surface area (Å²) in [6.45, 7) is 3.87. The number of anilines is 2. The third-order valence-electron chi connectivity index (χ3n) is 4.34. The van der Waals surface area contributed by atoms with Crippen LogP contribution < -0.4 is 24.8 Å². The zero-order chi connectivity index (χ0) is 19.6. The first-order chi connectivity index (χ1) is 12.8. The molecule has 0 radical (unpaired) electrons. The van der Waals surface area contributed by atoms with Crippen molar-refractivity contribution in [2.75, 3.05) is 31.5 Å². The minimum atomic E-state index is -0.640. The number of rotatable bonds is 4. The van der Waals surface area contributed by atoms with Gasteiger partial charge in [-0.25, -0.2) is 0 Å². The maximum absolute atomic E-state index is 12.6. The maximum atomic E-state index is 12.6. The minimum absolute atomic E-state index is 0.110. The van der Waals surface area contributed by atoms with Crippen LogP contribution in [0.2, 0.25) is 0 Å².